The van der Waals surface area contributed by atoms with Gasteiger partial charge in [-0.25, -0.2) is 8.42 Å². The molecular formula is C26H33N3O4S. The number of benzene rings is 2. The fraction of sp³-hybridized carbons (Fsp3) is 0.462. The van der Waals surface area contributed by atoms with Gasteiger partial charge in [0.2, 0.25) is 21.8 Å². The molecule has 2 heterocycles. The molecule has 2 aliphatic rings. The first-order valence-corrected chi connectivity index (χ1v) is 13.4. The number of amides is 2. The smallest absolute Gasteiger partial charge is 0.243 e. The molecule has 2 aromatic carbocycles. The van der Waals surface area contributed by atoms with E-state index in [4.69, 9.17) is 0 Å². The summed E-state index contributed by atoms with van der Waals surface area (Å²) in [6.45, 7) is 6.86. The first-order valence-electron chi connectivity index (χ1n) is 12.0. The molecule has 2 atom stereocenters. The van der Waals surface area contributed by atoms with E-state index >= 15 is 0 Å². The Labute approximate surface area is 202 Å². The second kappa shape index (κ2) is 9.88. The molecule has 0 spiro atoms. The van der Waals surface area contributed by atoms with Crippen molar-refractivity contribution in [1.82, 2.24) is 4.31 Å². The number of sulfonamides is 1. The van der Waals surface area contributed by atoms with Gasteiger partial charge in [-0.3, -0.25) is 9.59 Å². The molecule has 2 amide bonds. The van der Waals surface area contributed by atoms with Crippen LogP contribution in [0.3, 0.4) is 0 Å². The fourth-order valence-corrected chi connectivity index (χ4v) is 6.78. The molecule has 182 valence electrons. The van der Waals surface area contributed by atoms with Gasteiger partial charge in [0.15, 0.2) is 0 Å². The zero-order valence-corrected chi connectivity index (χ0v) is 20.9. The summed E-state index contributed by atoms with van der Waals surface area (Å²) in [5.74, 6) is -0.769. The second-order valence-electron chi connectivity index (χ2n) is 9.38. The number of hydrogen-bond donors (Lipinski definition) is 1. The van der Waals surface area contributed by atoms with Crippen LogP contribution in [0, 0.1) is 19.8 Å². The summed E-state index contributed by atoms with van der Waals surface area (Å²) in [5, 5.41) is 2.85. The first kappa shape index (κ1) is 24.4. The van der Waals surface area contributed by atoms with Crippen molar-refractivity contribution >= 4 is 33.2 Å². The van der Waals surface area contributed by atoms with Gasteiger partial charge in [0.25, 0.3) is 0 Å². The number of aryl methyl sites for hydroxylation is 2. The van der Waals surface area contributed by atoms with Gasteiger partial charge in [0.05, 0.1) is 10.8 Å². The van der Waals surface area contributed by atoms with Crippen LogP contribution in [0.5, 0.6) is 0 Å². The Morgan fingerprint density at radius 3 is 2.50 bits per heavy atom. The van der Waals surface area contributed by atoms with Crippen molar-refractivity contribution in [3.8, 4) is 0 Å². The minimum absolute atomic E-state index is 0.0399. The molecular weight excluding hydrogens is 450 g/mol. The Kier molecular flexibility index (Phi) is 7.09. The molecule has 8 heteroatoms. The van der Waals surface area contributed by atoms with E-state index in [-0.39, 0.29) is 29.2 Å². The summed E-state index contributed by atoms with van der Waals surface area (Å²) in [7, 11) is -3.57. The molecule has 2 saturated heterocycles. The largest absolute Gasteiger partial charge is 0.326 e. The lowest BCUT2D eigenvalue weighted by molar-refractivity contribution is -0.122. The molecule has 2 aromatic rings. The summed E-state index contributed by atoms with van der Waals surface area (Å²) in [5.41, 5.74) is 3.49. The van der Waals surface area contributed by atoms with Gasteiger partial charge < -0.3 is 10.2 Å². The van der Waals surface area contributed by atoms with Gasteiger partial charge in [0.1, 0.15) is 0 Å². The predicted molar refractivity (Wildman–Crippen MR) is 133 cm³/mol. The molecule has 0 aromatic heterocycles. The number of hydrogen-bond acceptors (Lipinski definition) is 4. The zero-order chi connectivity index (χ0) is 24.5. The van der Waals surface area contributed by atoms with Crippen LogP contribution in [0.15, 0.2) is 47.4 Å². The maximum atomic E-state index is 13.2. The van der Waals surface area contributed by atoms with Crippen molar-refractivity contribution in [3.63, 3.8) is 0 Å². The van der Waals surface area contributed by atoms with E-state index in [0.717, 1.165) is 42.5 Å². The summed E-state index contributed by atoms with van der Waals surface area (Å²) in [6.07, 6.45) is 3.78. The molecule has 0 saturated carbocycles. The molecule has 1 N–H and O–H groups in total. The van der Waals surface area contributed by atoms with Crippen molar-refractivity contribution in [3.05, 3.63) is 53.6 Å². The second-order valence-corrected chi connectivity index (χ2v) is 11.3. The molecule has 2 fully saturated rings. The van der Waals surface area contributed by atoms with Crippen LogP contribution in [0.1, 0.15) is 50.2 Å². The maximum Gasteiger partial charge on any atom is 0.243 e. The number of rotatable bonds is 6. The first-order chi connectivity index (χ1) is 16.2. The van der Waals surface area contributed by atoms with Crippen molar-refractivity contribution < 1.29 is 18.0 Å². The summed E-state index contributed by atoms with van der Waals surface area (Å²) >= 11 is 0. The highest BCUT2D eigenvalue weighted by molar-refractivity contribution is 7.89. The van der Waals surface area contributed by atoms with Crippen LogP contribution < -0.4 is 10.2 Å². The van der Waals surface area contributed by atoms with Crippen LogP contribution in [-0.4, -0.2) is 43.7 Å². The van der Waals surface area contributed by atoms with Crippen LogP contribution in [-0.2, 0) is 19.6 Å². The van der Waals surface area contributed by atoms with Gasteiger partial charge >= 0.3 is 0 Å². The quantitative estimate of drug-likeness (QED) is 0.666. The predicted octanol–water partition coefficient (Wildman–Crippen LogP) is 4.25. The Morgan fingerprint density at radius 1 is 1.09 bits per heavy atom. The van der Waals surface area contributed by atoms with Crippen molar-refractivity contribution in [2.24, 2.45) is 5.92 Å². The molecule has 2 aliphatic heterocycles. The monoisotopic (exact) mass is 483 g/mol. The molecule has 0 radical (unpaired) electrons. The highest BCUT2D eigenvalue weighted by Crippen LogP contribution is 2.30. The number of carbonyl (C=O) groups is 2. The molecule has 0 aliphatic carbocycles. The van der Waals surface area contributed by atoms with Crippen LogP contribution in [0.25, 0.3) is 0 Å². The highest BCUT2D eigenvalue weighted by Gasteiger charge is 2.36. The molecule has 7 nitrogen and oxygen atoms in total. The van der Waals surface area contributed by atoms with Crippen LogP contribution in [0.2, 0.25) is 0 Å². The molecule has 0 bridgehead atoms. The molecule has 2 unspecified atom stereocenters. The Balaban J connectivity index is 1.42. The Morgan fingerprint density at radius 2 is 1.82 bits per heavy atom. The lowest BCUT2D eigenvalue weighted by atomic mass is 10.0. The summed E-state index contributed by atoms with van der Waals surface area (Å²) < 4.78 is 27.9. The van der Waals surface area contributed by atoms with Crippen molar-refractivity contribution in [2.75, 3.05) is 23.3 Å². The summed E-state index contributed by atoms with van der Waals surface area (Å²) in [4.78, 5) is 27.4. The number of carbonyl (C=O) groups excluding carboxylic acids is 2. The third kappa shape index (κ3) is 4.88. The third-order valence-electron chi connectivity index (χ3n) is 6.91. The normalized spacial score (nSPS) is 21.6. The Bertz CT molecular complexity index is 1180. The van der Waals surface area contributed by atoms with Gasteiger partial charge in [0, 0.05) is 36.9 Å². The van der Waals surface area contributed by atoms with Crippen LogP contribution in [0.4, 0.5) is 11.4 Å². The molecule has 34 heavy (non-hydrogen) atoms. The van der Waals surface area contributed by atoms with Gasteiger partial charge in [-0.2, -0.15) is 4.31 Å². The standard InChI is InChI=1S/C26H33N3O4S/c1-4-22-7-5-6-14-29(22)34(32,33)23-11-9-21(10-12-23)27-26(31)20-16-25(30)28(17-20)24-13-8-18(2)15-19(24)3/h8-13,15,20,22H,4-7,14,16-17H2,1-3H3,(H,27,31). The number of nitrogens with zero attached hydrogens (tertiary/aromatic N) is 2. The average molecular weight is 484 g/mol. The third-order valence-corrected chi connectivity index (χ3v) is 8.88. The van der Waals surface area contributed by atoms with Gasteiger partial charge in [-0.1, -0.05) is 31.0 Å². The summed E-state index contributed by atoms with van der Waals surface area (Å²) in [6, 6.07) is 12.3. The maximum absolute atomic E-state index is 13.2. The van der Waals surface area contributed by atoms with Crippen molar-refractivity contribution in [1.29, 1.82) is 0 Å². The SMILES string of the molecule is CCC1CCCCN1S(=O)(=O)c1ccc(NC(=O)C2CC(=O)N(c3ccc(C)cc3C)C2)cc1. The van der Waals surface area contributed by atoms with Crippen molar-refractivity contribution in [2.45, 2.75) is 63.8 Å². The van der Waals surface area contributed by atoms with E-state index in [9.17, 15) is 18.0 Å². The van der Waals surface area contributed by atoms with E-state index in [2.05, 4.69) is 5.32 Å². The molecule has 4 rings (SSSR count). The Hall–Kier alpha value is -2.71. The highest BCUT2D eigenvalue weighted by atomic mass is 32.2. The van der Waals surface area contributed by atoms with E-state index < -0.39 is 15.9 Å². The minimum Gasteiger partial charge on any atom is -0.326 e. The van der Waals surface area contributed by atoms with Gasteiger partial charge in [-0.15, -0.1) is 0 Å². The minimum atomic E-state index is -3.57. The zero-order valence-electron chi connectivity index (χ0n) is 20.1. The van der Waals surface area contributed by atoms with Crippen LogP contribution >= 0.6 is 0 Å². The van der Waals surface area contributed by atoms with E-state index in [1.807, 2.05) is 39.0 Å². The number of anilines is 2. The number of piperidine rings is 1. The van der Waals surface area contributed by atoms with E-state index in [1.165, 1.54) is 0 Å². The van der Waals surface area contributed by atoms with E-state index in [1.54, 1.807) is 33.5 Å². The lowest BCUT2D eigenvalue weighted by Gasteiger charge is -2.34. The van der Waals surface area contributed by atoms with Gasteiger partial charge in [-0.05, 0) is 69.0 Å². The fourth-order valence-electron chi connectivity index (χ4n) is 5.01. The number of nitrogens with one attached hydrogen (secondary N) is 1. The van der Waals surface area contributed by atoms with E-state index in [0.29, 0.717) is 18.8 Å². The average Bonchev–Trinajstić information content (AvgIpc) is 3.21. The lowest BCUT2D eigenvalue weighted by Crippen LogP contribution is -2.43. The topological polar surface area (TPSA) is 86.8 Å².